The van der Waals surface area contributed by atoms with Gasteiger partial charge in [-0.25, -0.2) is 4.98 Å². The van der Waals surface area contributed by atoms with E-state index in [4.69, 9.17) is 4.98 Å². The number of hydrogen-bond donors (Lipinski definition) is 1. The number of rotatable bonds is 6. The Bertz CT molecular complexity index is 727. The second kappa shape index (κ2) is 6.41. The van der Waals surface area contributed by atoms with Gasteiger partial charge in [-0.1, -0.05) is 19.1 Å². The zero-order valence-corrected chi connectivity index (χ0v) is 13.4. The molecule has 0 unspecified atom stereocenters. The lowest BCUT2D eigenvalue weighted by molar-refractivity contribution is 0.623. The molecule has 110 valence electrons. The van der Waals surface area contributed by atoms with Crippen molar-refractivity contribution in [3.05, 3.63) is 52.0 Å². The van der Waals surface area contributed by atoms with Crippen LogP contribution in [0, 0.1) is 0 Å². The summed E-state index contributed by atoms with van der Waals surface area (Å²) in [5.74, 6) is 1.12. The molecule has 0 radical (unpaired) electrons. The third-order valence-electron chi connectivity index (χ3n) is 3.84. The van der Waals surface area contributed by atoms with Crippen molar-refractivity contribution >= 4 is 22.4 Å². The van der Waals surface area contributed by atoms with Crippen LogP contribution in [0.4, 0.5) is 0 Å². The van der Waals surface area contributed by atoms with E-state index in [2.05, 4.69) is 53.4 Å². The van der Waals surface area contributed by atoms with E-state index in [0.717, 1.165) is 37.4 Å². The Morgan fingerprint density at radius 2 is 2.00 bits per heavy atom. The minimum absolute atomic E-state index is 0.809. The summed E-state index contributed by atoms with van der Waals surface area (Å²) in [6.45, 7) is 7.07. The lowest BCUT2D eigenvalue weighted by Gasteiger charge is -2.07. The van der Waals surface area contributed by atoms with Gasteiger partial charge in [0.2, 0.25) is 0 Å². The van der Waals surface area contributed by atoms with Crippen LogP contribution < -0.4 is 5.32 Å². The van der Waals surface area contributed by atoms with Crippen LogP contribution in [0.15, 0.2) is 35.7 Å². The monoisotopic (exact) mass is 299 g/mol. The minimum Gasteiger partial charge on any atom is -0.327 e. The lowest BCUT2D eigenvalue weighted by atomic mass is 10.2. The van der Waals surface area contributed by atoms with E-state index in [1.807, 2.05) is 17.4 Å². The standard InChI is InChI=1S/C17H21N3S/c1-3-13-9-10-21-16(13)11-18-12-17-19-14-7-5-6-8-15(14)20(17)4-2/h5-10,18H,3-4,11-12H2,1-2H3. The number of thiophene rings is 1. The van der Waals surface area contributed by atoms with Crippen LogP contribution in [-0.4, -0.2) is 9.55 Å². The van der Waals surface area contributed by atoms with E-state index >= 15 is 0 Å². The van der Waals surface area contributed by atoms with Crippen molar-refractivity contribution in [2.24, 2.45) is 0 Å². The molecule has 0 aliphatic rings. The number of para-hydroxylation sites is 2. The van der Waals surface area contributed by atoms with Gasteiger partial charge in [0.05, 0.1) is 17.6 Å². The smallest absolute Gasteiger partial charge is 0.123 e. The Hall–Kier alpha value is -1.65. The van der Waals surface area contributed by atoms with Crippen LogP contribution in [0.25, 0.3) is 11.0 Å². The fraction of sp³-hybridized carbons (Fsp3) is 0.353. The quantitative estimate of drug-likeness (QED) is 0.746. The first-order valence-corrected chi connectivity index (χ1v) is 8.41. The summed E-state index contributed by atoms with van der Waals surface area (Å²) >= 11 is 1.83. The number of nitrogens with one attached hydrogen (secondary N) is 1. The van der Waals surface area contributed by atoms with E-state index < -0.39 is 0 Å². The van der Waals surface area contributed by atoms with Gasteiger partial charge in [-0.3, -0.25) is 0 Å². The Morgan fingerprint density at radius 3 is 2.81 bits per heavy atom. The number of benzene rings is 1. The van der Waals surface area contributed by atoms with E-state index in [-0.39, 0.29) is 0 Å². The molecular formula is C17H21N3S. The Labute approximate surface area is 129 Å². The number of nitrogens with zero attached hydrogens (tertiary/aromatic N) is 2. The van der Waals surface area contributed by atoms with Gasteiger partial charge < -0.3 is 9.88 Å². The fourth-order valence-corrected chi connectivity index (χ4v) is 3.68. The van der Waals surface area contributed by atoms with Gasteiger partial charge in [-0.15, -0.1) is 11.3 Å². The van der Waals surface area contributed by atoms with E-state index in [9.17, 15) is 0 Å². The van der Waals surface area contributed by atoms with Crippen LogP contribution >= 0.6 is 11.3 Å². The summed E-state index contributed by atoms with van der Waals surface area (Å²) in [5, 5.41) is 5.72. The normalized spacial score (nSPS) is 11.3. The van der Waals surface area contributed by atoms with E-state index in [0.29, 0.717) is 0 Å². The number of fused-ring (bicyclic) bond motifs is 1. The SMILES string of the molecule is CCc1ccsc1CNCc1nc2ccccc2n1CC. The summed E-state index contributed by atoms with van der Waals surface area (Å²) in [7, 11) is 0. The number of aryl methyl sites for hydroxylation is 2. The minimum atomic E-state index is 0.809. The molecule has 0 saturated carbocycles. The molecule has 0 spiro atoms. The largest absolute Gasteiger partial charge is 0.327 e. The molecule has 2 heterocycles. The summed E-state index contributed by atoms with van der Waals surface area (Å²) in [6, 6.07) is 10.6. The lowest BCUT2D eigenvalue weighted by Crippen LogP contribution is -2.16. The molecule has 0 aliphatic carbocycles. The Balaban J connectivity index is 1.73. The van der Waals surface area contributed by atoms with Crippen LogP contribution in [0.3, 0.4) is 0 Å². The van der Waals surface area contributed by atoms with E-state index in [1.54, 1.807) is 0 Å². The first-order valence-electron chi connectivity index (χ1n) is 7.53. The highest BCUT2D eigenvalue weighted by molar-refractivity contribution is 7.10. The predicted octanol–water partition coefficient (Wildman–Crippen LogP) is 3.97. The number of imidazole rings is 1. The molecule has 4 heteroatoms. The van der Waals surface area contributed by atoms with Crippen LogP contribution in [0.5, 0.6) is 0 Å². The van der Waals surface area contributed by atoms with Gasteiger partial charge in [0.15, 0.2) is 0 Å². The maximum atomic E-state index is 4.75. The molecule has 0 atom stereocenters. The molecular weight excluding hydrogens is 278 g/mol. The molecule has 3 nitrogen and oxygen atoms in total. The topological polar surface area (TPSA) is 29.9 Å². The maximum Gasteiger partial charge on any atom is 0.123 e. The molecule has 0 bridgehead atoms. The first kappa shape index (κ1) is 14.3. The zero-order valence-electron chi connectivity index (χ0n) is 12.6. The maximum absolute atomic E-state index is 4.75. The number of hydrogen-bond acceptors (Lipinski definition) is 3. The molecule has 3 rings (SSSR count). The van der Waals surface area contributed by atoms with Crippen molar-refractivity contribution in [1.82, 2.24) is 14.9 Å². The third-order valence-corrected chi connectivity index (χ3v) is 4.80. The fourth-order valence-electron chi connectivity index (χ4n) is 2.74. The molecule has 2 aromatic heterocycles. The first-order chi connectivity index (χ1) is 10.3. The Kier molecular flexibility index (Phi) is 4.36. The summed E-state index contributed by atoms with van der Waals surface area (Å²) < 4.78 is 2.29. The highest BCUT2D eigenvalue weighted by Crippen LogP contribution is 2.18. The van der Waals surface area contributed by atoms with Gasteiger partial charge in [-0.05, 0) is 42.5 Å². The molecule has 21 heavy (non-hydrogen) atoms. The molecule has 3 aromatic rings. The molecule has 1 N–H and O–H groups in total. The summed E-state index contributed by atoms with van der Waals surface area (Å²) in [5.41, 5.74) is 3.76. The van der Waals surface area contributed by atoms with Gasteiger partial charge >= 0.3 is 0 Å². The second-order valence-corrected chi connectivity index (χ2v) is 6.09. The van der Waals surface area contributed by atoms with E-state index in [1.165, 1.54) is 16.0 Å². The molecule has 1 aromatic carbocycles. The summed E-state index contributed by atoms with van der Waals surface area (Å²) in [6.07, 6.45) is 1.11. The third kappa shape index (κ3) is 2.87. The van der Waals surface area contributed by atoms with Crippen molar-refractivity contribution in [2.45, 2.75) is 39.9 Å². The molecule has 0 saturated heterocycles. The van der Waals surface area contributed by atoms with Crippen molar-refractivity contribution in [2.75, 3.05) is 0 Å². The second-order valence-electron chi connectivity index (χ2n) is 5.09. The average Bonchev–Trinajstić information content (AvgIpc) is 3.10. The van der Waals surface area contributed by atoms with Crippen LogP contribution in [0.2, 0.25) is 0 Å². The van der Waals surface area contributed by atoms with Crippen molar-refractivity contribution in [3.63, 3.8) is 0 Å². The van der Waals surface area contributed by atoms with Crippen LogP contribution in [-0.2, 0) is 26.1 Å². The zero-order chi connectivity index (χ0) is 14.7. The highest BCUT2D eigenvalue weighted by Gasteiger charge is 2.09. The van der Waals surface area contributed by atoms with Gasteiger partial charge in [0.1, 0.15) is 5.82 Å². The predicted molar refractivity (Wildman–Crippen MR) is 89.6 cm³/mol. The van der Waals surface area contributed by atoms with Gasteiger partial charge in [0, 0.05) is 18.0 Å². The number of aromatic nitrogens is 2. The van der Waals surface area contributed by atoms with Crippen molar-refractivity contribution in [1.29, 1.82) is 0 Å². The van der Waals surface area contributed by atoms with Gasteiger partial charge in [-0.2, -0.15) is 0 Å². The molecule has 0 amide bonds. The van der Waals surface area contributed by atoms with Crippen LogP contribution in [0.1, 0.15) is 30.1 Å². The van der Waals surface area contributed by atoms with Gasteiger partial charge in [0.25, 0.3) is 0 Å². The Morgan fingerprint density at radius 1 is 1.14 bits per heavy atom. The molecule has 0 fully saturated rings. The van der Waals surface area contributed by atoms with Crippen molar-refractivity contribution in [3.8, 4) is 0 Å². The summed E-state index contributed by atoms with van der Waals surface area (Å²) in [4.78, 5) is 6.19. The molecule has 0 aliphatic heterocycles. The highest BCUT2D eigenvalue weighted by atomic mass is 32.1. The van der Waals surface area contributed by atoms with Crippen molar-refractivity contribution < 1.29 is 0 Å². The average molecular weight is 299 g/mol.